The van der Waals surface area contributed by atoms with Crippen molar-refractivity contribution in [2.45, 2.75) is 33.8 Å². The van der Waals surface area contributed by atoms with Crippen molar-refractivity contribution in [1.82, 2.24) is 0 Å². The highest BCUT2D eigenvalue weighted by atomic mass is 16.5. The van der Waals surface area contributed by atoms with Gasteiger partial charge < -0.3 is 4.74 Å². The molecule has 0 aromatic rings. The molecular formula is C14H22O. The summed E-state index contributed by atoms with van der Waals surface area (Å²) in [5.74, 6) is 2.78. The van der Waals surface area contributed by atoms with Crippen LogP contribution in [0.2, 0.25) is 0 Å². The van der Waals surface area contributed by atoms with Gasteiger partial charge in [-0.25, -0.2) is 0 Å². The van der Waals surface area contributed by atoms with Crippen LogP contribution in [0.25, 0.3) is 0 Å². The van der Waals surface area contributed by atoms with Crippen LogP contribution in [0, 0.1) is 23.7 Å². The van der Waals surface area contributed by atoms with E-state index in [-0.39, 0.29) is 0 Å². The lowest BCUT2D eigenvalue weighted by molar-refractivity contribution is -0.0687. The minimum absolute atomic E-state index is 0.310. The second kappa shape index (κ2) is 4.13. The van der Waals surface area contributed by atoms with Gasteiger partial charge in [0.1, 0.15) is 0 Å². The third-order valence-electron chi connectivity index (χ3n) is 4.19. The number of fused-ring (bicyclic) bond motifs is 2. The minimum atomic E-state index is 0.310. The average Bonchev–Trinajstić information content (AvgIpc) is 2.15. The highest BCUT2D eigenvalue weighted by Crippen LogP contribution is 2.44. The van der Waals surface area contributed by atoms with Crippen LogP contribution in [-0.2, 0) is 4.74 Å². The molecule has 1 saturated heterocycles. The molecule has 1 aliphatic carbocycles. The Bertz CT molecular complexity index is 290. The summed E-state index contributed by atoms with van der Waals surface area (Å²) < 4.78 is 5.97. The standard InChI is InChI=1S/C14H22O/c1-5-6-13-14-10(3)7-9(2)12(8-15-13)11(14)4/h5-7,9,11-14H,8H2,1-4H3/b6-5+/t9-,11-,12-,13+,14+/m0/s1. The molecule has 0 aromatic heterocycles. The zero-order valence-corrected chi connectivity index (χ0v) is 10.2. The van der Waals surface area contributed by atoms with Crippen molar-refractivity contribution in [3.63, 3.8) is 0 Å². The van der Waals surface area contributed by atoms with Crippen molar-refractivity contribution < 1.29 is 4.74 Å². The molecule has 2 rings (SSSR count). The van der Waals surface area contributed by atoms with Gasteiger partial charge in [0.2, 0.25) is 0 Å². The summed E-state index contributed by atoms with van der Waals surface area (Å²) in [6.45, 7) is 9.98. The summed E-state index contributed by atoms with van der Waals surface area (Å²) in [7, 11) is 0. The number of hydrogen-bond acceptors (Lipinski definition) is 1. The maximum atomic E-state index is 5.97. The van der Waals surface area contributed by atoms with E-state index in [1.54, 1.807) is 0 Å². The summed E-state index contributed by atoms with van der Waals surface area (Å²) in [4.78, 5) is 0. The first-order valence-electron chi connectivity index (χ1n) is 6.08. The molecule has 1 aliphatic heterocycles. The van der Waals surface area contributed by atoms with Crippen LogP contribution in [0.1, 0.15) is 27.7 Å². The van der Waals surface area contributed by atoms with E-state index in [1.165, 1.54) is 5.57 Å². The van der Waals surface area contributed by atoms with Crippen LogP contribution in [-0.4, -0.2) is 12.7 Å². The fourth-order valence-corrected chi connectivity index (χ4v) is 3.36. The van der Waals surface area contributed by atoms with Gasteiger partial charge in [-0.15, -0.1) is 0 Å². The van der Waals surface area contributed by atoms with Gasteiger partial charge in [0, 0.05) is 5.92 Å². The Hall–Kier alpha value is -0.560. The molecule has 0 radical (unpaired) electrons. The first-order valence-corrected chi connectivity index (χ1v) is 6.08. The third-order valence-corrected chi connectivity index (χ3v) is 4.19. The molecule has 0 aromatic carbocycles. The lowest BCUT2D eigenvalue weighted by Gasteiger charge is -2.46. The molecule has 0 N–H and O–H groups in total. The van der Waals surface area contributed by atoms with Crippen LogP contribution in [0.3, 0.4) is 0 Å². The molecule has 0 unspecified atom stereocenters. The van der Waals surface area contributed by atoms with E-state index >= 15 is 0 Å². The molecule has 2 bridgehead atoms. The molecule has 1 fully saturated rings. The lowest BCUT2D eigenvalue weighted by Crippen LogP contribution is -2.45. The largest absolute Gasteiger partial charge is 0.373 e. The number of allylic oxidation sites excluding steroid dienone is 2. The summed E-state index contributed by atoms with van der Waals surface area (Å²) >= 11 is 0. The Morgan fingerprint density at radius 2 is 2.13 bits per heavy atom. The fraction of sp³-hybridized carbons (Fsp3) is 0.714. The Kier molecular flexibility index (Phi) is 3.01. The molecule has 0 spiro atoms. The highest BCUT2D eigenvalue weighted by molar-refractivity contribution is 5.19. The third kappa shape index (κ3) is 1.78. The van der Waals surface area contributed by atoms with E-state index < -0.39 is 0 Å². The van der Waals surface area contributed by atoms with Gasteiger partial charge in [0.25, 0.3) is 0 Å². The molecule has 1 nitrogen and oxygen atoms in total. The average molecular weight is 206 g/mol. The smallest absolute Gasteiger partial charge is 0.0823 e. The number of rotatable bonds is 1. The zero-order chi connectivity index (χ0) is 11.0. The molecule has 1 heterocycles. The maximum absolute atomic E-state index is 5.97. The Labute approximate surface area is 93.2 Å². The van der Waals surface area contributed by atoms with Gasteiger partial charge in [-0.2, -0.15) is 0 Å². The normalized spacial score (nSPS) is 45.6. The second-order valence-corrected chi connectivity index (χ2v) is 5.14. The summed E-state index contributed by atoms with van der Waals surface area (Å²) in [6, 6.07) is 0. The first-order chi connectivity index (χ1) is 7.15. The van der Waals surface area contributed by atoms with Crippen molar-refractivity contribution in [2.24, 2.45) is 23.7 Å². The molecule has 2 aliphatic rings. The zero-order valence-electron chi connectivity index (χ0n) is 10.2. The van der Waals surface area contributed by atoms with Gasteiger partial charge in [-0.05, 0) is 31.6 Å². The molecule has 1 heteroatoms. The molecule has 5 atom stereocenters. The highest BCUT2D eigenvalue weighted by Gasteiger charge is 2.42. The lowest BCUT2D eigenvalue weighted by atomic mass is 9.65. The van der Waals surface area contributed by atoms with Crippen molar-refractivity contribution >= 4 is 0 Å². The Morgan fingerprint density at radius 3 is 2.80 bits per heavy atom. The van der Waals surface area contributed by atoms with Gasteiger partial charge >= 0.3 is 0 Å². The maximum Gasteiger partial charge on any atom is 0.0823 e. The molecule has 0 amide bonds. The molecular weight excluding hydrogens is 184 g/mol. The van der Waals surface area contributed by atoms with Crippen LogP contribution in [0.5, 0.6) is 0 Å². The molecule has 0 saturated carbocycles. The van der Waals surface area contributed by atoms with E-state index in [0.29, 0.717) is 17.9 Å². The van der Waals surface area contributed by atoms with E-state index in [2.05, 4.69) is 45.9 Å². The summed E-state index contributed by atoms with van der Waals surface area (Å²) in [5.41, 5.74) is 1.52. The number of ether oxygens (including phenoxy) is 1. The van der Waals surface area contributed by atoms with Gasteiger partial charge in [0.15, 0.2) is 0 Å². The number of hydrogen-bond donors (Lipinski definition) is 0. The van der Waals surface area contributed by atoms with Crippen LogP contribution in [0.4, 0.5) is 0 Å². The Morgan fingerprint density at radius 1 is 1.40 bits per heavy atom. The first kappa shape index (κ1) is 10.9. The van der Waals surface area contributed by atoms with Crippen molar-refractivity contribution in [2.75, 3.05) is 6.61 Å². The quantitative estimate of drug-likeness (QED) is 0.597. The predicted octanol–water partition coefficient (Wildman–Crippen LogP) is 3.43. The topological polar surface area (TPSA) is 9.23 Å². The predicted molar refractivity (Wildman–Crippen MR) is 63.6 cm³/mol. The van der Waals surface area contributed by atoms with Gasteiger partial charge in [-0.1, -0.05) is 37.6 Å². The van der Waals surface area contributed by atoms with Crippen LogP contribution >= 0.6 is 0 Å². The van der Waals surface area contributed by atoms with Crippen molar-refractivity contribution in [3.05, 3.63) is 23.8 Å². The van der Waals surface area contributed by atoms with E-state index in [4.69, 9.17) is 4.74 Å². The fourth-order valence-electron chi connectivity index (χ4n) is 3.36. The summed E-state index contributed by atoms with van der Waals surface area (Å²) in [5, 5.41) is 0. The van der Waals surface area contributed by atoms with E-state index in [1.807, 2.05) is 0 Å². The van der Waals surface area contributed by atoms with E-state index in [0.717, 1.165) is 18.4 Å². The second-order valence-electron chi connectivity index (χ2n) is 5.14. The van der Waals surface area contributed by atoms with Gasteiger partial charge in [0.05, 0.1) is 12.7 Å². The van der Waals surface area contributed by atoms with E-state index in [9.17, 15) is 0 Å². The van der Waals surface area contributed by atoms with Crippen molar-refractivity contribution in [3.8, 4) is 0 Å². The van der Waals surface area contributed by atoms with Gasteiger partial charge in [-0.3, -0.25) is 0 Å². The van der Waals surface area contributed by atoms with Crippen LogP contribution in [0.15, 0.2) is 23.8 Å². The molecule has 15 heavy (non-hydrogen) atoms. The summed E-state index contributed by atoms with van der Waals surface area (Å²) in [6.07, 6.45) is 7.09. The van der Waals surface area contributed by atoms with Crippen molar-refractivity contribution in [1.29, 1.82) is 0 Å². The van der Waals surface area contributed by atoms with Crippen LogP contribution < -0.4 is 0 Å². The monoisotopic (exact) mass is 206 g/mol. The molecule has 84 valence electrons. The Balaban J connectivity index is 2.29. The SMILES string of the molecule is C/C=C/[C@H]1OC[C@@H]2[C@H](C)[C@H]1C(C)=C[C@@H]2C. The minimum Gasteiger partial charge on any atom is -0.373 e.